The van der Waals surface area contributed by atoms with Crippen LogP contribution in [-0.4, -0.2) is 6.61 Å². The van der Waals surface area contributed by atoms with Crippen LogP contribution in [0.2, 0.25) is 0 Å². The molecule has 0 radical (unpaired) electrons. The summed E-state index contributed by atoms with van der Waals surface area (Å²) in [6, 6.07) is 12.1. The Balaban J connectivity index is 2.16. The lowest BCUT2D eigenvalue weighted by Crippen LogP contribution is -2.02. The third kappa shape index (κ3) is 3.45. The Labute approximate surface area is 112 Å². The fourth-order valence-corrected chi connectivity index (χ4v) is 1.81. The monoisotopic (exact) mass is 260 g/mol. The van der Waals surface area contributed by atoms with Gasteiger partial charge in [-0.15, -0.1) is 0 Å². The molecule has 0 aliphatic heterocycles. The van der Waals surface area contributed by atoms with E-state index in [4.69, 9.17) is 10.5 Å². The van der Waals surface area contributed by atoms with Crippen LogP contribution in [-0.2, 0) is 6.54 Å². The number of nitrogens with two attached hydrogens (primary N) is 1. The van der Waals surface area contributed by atoms with Crippen LogP contribution < -0.4 is 15.8 Å². The van der Waals surface area contributed by atoms with Crippen molar-refractivity contribution in [2.45, 2.75) is 13.5 Å². The molecule has 100 valence electrons. The van der Waals surface area contributed by atoms with Crippen LogP contribution >= 0.6 is 0 Å². The van der Waals surface area contributed by atoms with Crippen molar-refractivity contribution in [2.24, 2.45) is 5.73 Å². The molecule has 0 atom stereocenters. The molecular weight excluding hydrogens is 243 g/mol. The van der Waals surface area contributed by atoms with Crippen LogP contribution in [0.15, 0.2) is 42.5 Å². The third-order valence-corrected chi connectivity index (χ3v) is 2.73. The zero-order valence-electron chi connectivity index (χ0n) is 10.8. The van der Waals surface area contributed by atoms with Gasteiger partial charge in [0.05, 0.1) is 6.61 Å². The number of ether oxygens (including phenoxy) is 1. The number of hydrogen-bond donors (Lipinski definition) is 2. The molecule has 0 amide bonds. The third-order valence-electron chi connectivity index (χ3n) is 2.73. The van der Waals surface area contributed by atoms with Gasteiger partial charge in [0.2, 0.25) is 0 Å². The molecule has 2 aromatic rings. The maximum absolute atomic E-state index is 13.1. The van der Waals surface area contributed by atoms with Crippen molar-refractivity contribution >= 4 is 11.4 Å². The minimum atomic E-state index is -0.280. The molecule has 0 saturated heterocycles. The Bertz CT molecular complexity index is 540. The molecule has 3 N–H and O–H groups in total. The van der Waals surface area contributed by atoms with E-state index in [1.807, 2.05) is 31.2 Å². The summed E-state index contributed by atoms with van der Waals surface area (Å²) in [5.41, 5.74) is 8.07. The van der Waals surface area contributed by atoms with Gasteiger partial charge in [-0.2, -0.15) is 0 Å². The van der Waals surface area contributed by atoms with Gasteiger partial charge < -0.3 is 15.8 Å². The highest BCUT2D eigenvalue weighted by atomic mass is 19.1. The van der Waals surface area contributed by atoms with Crippen molar-refractivity contribution in [3.8, 4) is 5.75 Å². The largest absolute Gasteiger partial charge is 0.494 e. The fraction of sp³-hybridized carbons (Fsp3) is 0.200. The minimum absolute atomic E-state index is 0.280. The summed E-state index contributed by atoms with van der Waals surface area (Å²) < 4.78 is 18.5. The van der Waals surface area contributed by atoms with E-state index in [1.165, 1.54) is 12.1 Å². The first-order valence-electron chi connectivity index (χ1n) is 6.21. The van der Waals surface area contributed by atoms with Crippen LogP contribution in [0.1, 0.15) is 12.5 Å². The molecule has 0 saturated carbocycles. The van der Waals surface area contributed by atoms with E-state index in [0.717, 1.165) is 22.7 Å². The van der Waals surface area contributed by atoms with E-state index in [2.05, 4.69) is 5.32 Å². The topological polar surface area (TPSA) is 47.3 Å². The Hall–Kier alpha value is -2.07. The standard InChI is InChI=1S/C15H17FN2O/c1-2-19-14-6-4-13(5-7-14)18-15-8-3-12(16)9-11(15)10-17/h3-9,18H,2,10,17H2,1H3. The Kier molecular flexibility index (Phi) is 4.36. The first kappa shape index (κ1) is 13.4. The smallest absolute Gasteiger partial charge is 0.123 e. The van der Waals surface area contributed by atoms with Crippen LogP contribution in [0, 0.1) is 5.82 Å². The molecule has 0 fully saturated rings. The Morgan fingerprint density at radius 1 is 1.16 bits per heavy atom. The molecule has 2 aromatic carbocycles. The van der Waals surface area contributed by atoms with Gasteiger partial charge in [0, 0.05) is 17.9 Å². The van der Waals surface area contributed by atoms with Crippen LogP contribution in [0.25, 0.3) is 0 Å². The zero-order chi connectivity index (χ0) is 13.7. The summed E-state index contributed by atoms with van der Waals surface area (Å²) in [6.07, 6.45) is 0. The molecule has 2 rings (SSSR count). The van der Waals surface area contributed by atoms with E-state index in [1.54, 1.807) is 6.07 Å². The summed E-state index contributed by atoms with van der Waals surface area (Å²) in [4.78, 5) is 0. The second-order valence-corrected chi connectivity index (χ2v) is 4.09. The molecule has 19 heavy (non-hydrogen) atoms. The van der Waals surface area contributed by atoms with E-state index in [9.17, 15) is 4.39 Å². The molecule has 0 aliphatic carbocycles. The molecule has 0 aliphatic rings. The van der Waals surface area contributed by atoms with E-state index in [-0.39, 0.29) is 12.4 Å². The lowest BCUT2D eigenvalue weighted by molar-refractivity contribution is 0.340. The highest BCUT2D eigenvalue weighted by Gasteiger charge is 2.03. The quantitative estimate of drug-likeness (QED) is 0.865. The molecule has 3 nitrogen and oxygen atoms in total. The minimum Gasteiger partial charge on any atom is -0.494 e. The molecule has 0 spiro atoms. The molecule has 4 heteroatoms. The van der Waals surface area contributed by atoms with Gasteiger partial charge in [-0.05, 0) is 55.0 Å². The first-order valence-corrected chi connectivity index (χ1v) is 6.21. The van der Waals surface area contributed by atoms with Crippen molar-refractivity contribution in [3.63, 3.8) is 0 Å². The summed E-state index contributed by atoms with van der Waals surface area (Å²) in [6.45, 7) is 2.87. The van der Waals surface area contributed by atoms with Gasteiger partial charge in [-0.3, -0.25) is 0 Å². The SMILES string of the molecule is CCOc1ccc(Nc2ccc(F)cc2CN)cc1. The predicted octanol–water partition coefficient (Wildman–Crippen LogP) is 3.43. The van der Waals surface area contributed by atoms with Crippen molar-refractivity contribution in [1.82, 2.24) is 0 Å². The van der Waals surface area contributed by atoms with Gasteiger partial charge in [-0.25, -0.2) is 4.39 Å². The Morgan fingerprint density at radius 3 is 2.53 bits per heavy atom. The molecule has 0 unspecified atom stereocenters. The number of hydrogen-bond acceptors (Lipinski definition) is 3. The lowest BCUT2D eigenvalue weighted by atomic mass is 10.1. The summed E-state index contributed by atoms with van der Waals surface area (Å²) in [5.74, 6) is 0.545. The highest BCUT2D eigenvalue weighted by molar-refractivity contribution is 5.63. The van der Waals surface area contributed by atoms with Crippen molar-refractivity contribution < 1.29 is 9.13 Å². The fourth-order valence-electron chi connectivity index (χ4n) is 1.81. The number of nitrogens with one attached hydrogen (secondary N) is 1. The second-order valence-electron chi connectivity index (χ2n) is 4.09. The van der Waals surface area contributed by atoms with Gasteiger partial charge in [-0.1, -0.05) is 0 Å². The van der Waals surface area contributed by atoms with Gasteiger partial charge in [0.1, 0.15) is 11.6 Å². The zero-order valence-corrected chi connectivity index (χ0v) is 10.8. The van der Waals surface area contributed by atoms with Gasteiger partial charge >= 0.3 is 0 Å². The Morgan fingerprint density at radius 2 is 1.89 bits per heavy atom. The average molecular weight is 260 g/mol. The van der Waals surface area contributed by atoms with E-state index < -0.39 is 0 Å². The number of anilines is 2. The molecule has 0 heterocycles. The average Bonchev–Trinajstić information content (AvgIpc) is 2.43. The maximum Gasteiger partial charge on any atom is 0.123 e. The molecule has 0 aromatic heterocycles. The summed E-state index contributed by atoms with van der Waals surface area (Å²) in [5, 5.41) is 3.22. The van der Waals surface area contributed by atoms with E-state index >= 15 is 0 Å². The van der Waals surface area contributed by atoms with E-state index in [0.29, 0.717) is 6.61 Å². The highest BCUT2D eigenvalue weighted by Crippen LogP contribution is 2.23. The van der Waals surface area contributed by atoms with Crippen molar-refractivity contribution in [3.05, 3.63) is 53.8 Å². The molecular formula is C15H17FN2O. The maximum atomic E-state index is 13.1. The van der Waals surface area contributed by atoms with Gasteiger partial charge in [0.25, 0.3) is 0 Å². The number of benzene rings is 2. The molecule has 0 bridgehead atoms. The number of rotatable bonds is 5. The summed E-state index contributed by atoms with van der Waals surface area (Å²) >= 11 is 0. The normalized spacial score (nSPS) is 10.3. The van der Waals surface area contributed by atoms with Crippen molar-refractivity contribution in [1.29, 1.82) is 0 Å². The first-order chi connectivity index (χ1) is 9.22. The van der Waals surface area contributed by atoms with Gasteiger partial charge in [0.15, 0.2) is 0 Å². The number of halogens is 1. The van der Waals surface area contributed by atoms with Crippen LogP contribution in [0.3, 0.4) is 0 Å². The van der Waals surface area contributed by atoms with Crippen LogP contribution in [0.4, 0.5) is 15.8 Å². The predicted molar refractivity (Wildman–Crippen MR) is 75.2 cm³/mol. The summed E-state index contributed by atoms with van der Waals surface area (Å²) in [7, 11) is 0. The lowest BCUT2D eigenvalue weighted by Gasteiger charge is -2.11. The van der Waals surface area contributed by atoms with Crippen molar-refractivity contribution in [2.75, 3.05) is 11.9 Å². The van der Waals surface area contributed by atoms with Crippen LogP contribution in [0.5, 0.6) is 5.75 Å². The second kappa shape index (κ2) is 6.20.